The van der Waals surface area contributed by atoms with Crippen LogP contribution in [-0.2, 0) is 24.1 Å². The third kappa shape index (κ3) is 4.34. The second-order valence-corrected chi connectivity index (χ2v) is 5.91. The van der Waals surface area contributed by atoms with E-state index >= 15 is 0 Å². The summed E-state index contributed by atoms with van der Waals surface area (Å²) in [4.78, 5) is 11.9. The molecule has 0 saturated carbocycles. The van der Waals surface area contributed by atoms with Crippen molar-refractivity contribution in [2.45, 2.75) is 33.1 Å². The van der Waals surface area contributed by atoms with Crippen molar-refractivity contribution in [3.8, 4) is 0 Å². The average molecular weight is 390 g/mol. The highest BCUT2D eigenvalue weighted by atomic mass is 79.9. The van der Waals surface area contributed by atoms with Crippen LogP contribution in [0.3, 0.4) is 0 Å². The fourth-order valence-electron chi connectivity index (χ4n) is 2.08. The number of benzene rings is 1. The SMILES string of the molecule is Cc1nn(CC(=O)NCc2cccc(C(F)(F)F)c2)c(C)c1Br. The van der Waals surface area contributed by atoms with Gasteiger partial charge in [-0.05, 0) is 47.5 Å². The van der Waals surface area contributed by atoms with E-state index in [9.17, 15) is 18.0 Å². The maximum absolute atomic E-state index is 12.6. The number of nitrogens with zero attached hydrogens (tertiary/aromatic N) is 2. The molecule has 23 heavy (non-hydrogen) atoms. The Morgan fingerprint density at radius 1 is 1.35 bits per heavy atom. The lowest BCUT2D eigenvalue weighted by Crippen LogP contribution is -2.28. The molecular formula is C15H15BrF3N3O. The van der Waals surface area contributed by atoms with Crippen molar-refractivity contribution < 1.29 is 18.0 Å². The number of halogens is 4. The van der Waals surface area contributed by atoms with Gasteiger partial charge >= 0.3 is 6.18 Å². The molecule has 0 saturated heterocycles. The molecule has 4 nitrogen and oxygen atoms in total. The Morgan fingerprint density at radius 3 is 2.61 bits per heavy atom. The lowest BCUT2D eigenvalue weighted by molar-refractivity contribution is -0.137. The number of carbonyl (C=O) groups excluding carboxylic acids is 1. The number of carbonyl (C=O) groups is 1. The van der Waals surface area contributed by atoms with Gasteiger partial charge in [-0.3, -0.25) is 9.48 Å². The van der Waals surface area contributed by atoms with Crippen LogP contribution < -0.4 is 5.32 Å². The molecule has 0 spiro atoms. The van der Waals surface area contributed by atoms with Crippen LogP contribution in [0.4, 0.5) is 13.2 Å². The van der Waals surface area contributed by atoms with E-state index in [-0.39, 0.29) is 19.0 Å². The van der Waals surface area contributed by atoms with Gasteiger partial charge in [-0.25, -0.2) is 0 Å². The van der Waals surface area contributed by atoms with E-state index in [1.165, 1.54) is 12.1 Å². The molecule has 1 N–H and O–H groups in total. The Morgan fingerprint density at radius 2 is 2.04 bits per heavy atom. The van der Waals surface area contributed by atoms with E-state index in [1.54, 1.807) is 4.68 Å². The fraction of sp³-hybridized carbons (Fsp3) is 0.333. The number of amides is 1. The molecular weight excluding hydrogens is 375 g/mol. The minimum absolute atomic E-state index is 0.0111. The predicted octanol–water partition coefficient (Wildman–Crippen LogP) is 3.60. The predicted molar refractivity (Wildman–Crippen MR) is 82.7 cm³/mol. The van der Waals surface area contributed by atoms with Gasteiger partial charge in [-0.15, -0.1) is 0 Å². The minimum Gasteiger partial charge on any atom is -0.350 e. The Kier molecular flexibility index (Phi) is 5.13. The first-order valence-corrected chi connectivity index (χ1v) is 7.60. The largest absolute Gasteiger partial charge is 0.416 e. The molecule has 1 amide bonds. The minimum atomic E-state index is -4.39. The van der Waals surface area contributed by atoms with Gasteiger partial charge in [0.1, 0.15) is 6.54 Å². The molecule has 0 radical (unpaired) electrons. The summed E-state index contributed by atoms with van der Waals surface area (Å²) in [6.07, 6.45) is -4.39. The van der Waals surface area contributed by atoms with Crippen LogP contribution in [0, 0.1) is 13.8 Å². The van der Waals surface area contributed by atoms with Crippen molar-refractivity contribution in [3.63, 3.8) is 0 Å². The average Bonchev–Trinajstić information content (AvgIpc) is 2.72. The smallest absolute Gasteiger partial charge is 0.350 e. The zero-order valence-corrected chi connectivity index (χ0v) is 14.1. The summed E-state index contributed by atoms with van der Waals surface area (Å²) in [5.74, 6) is -0.319. The summed E-state index contributed by atoms with van der Waals surface area (Å²) in [7, 11) is 0. The summed E-state index contributed by atoms with van der Waals surface area (Å²) in [5, 5.41) is 6.81. The molecule has 1 aromatic carbocycles. The second-order valence-electron chi connectivity index (χ2n) is 5.12. The third-order valence-electron chi connectivity index (χ3n) is 3.33. The monoisotopic (exact) mass is 389 g/mol. The number of hydrogen-bond donors (Lipinski definition) is 1. The van der Waals surface area contributed by atoms with Crippen LogP contribution in [0.5, 0.6) is 0 Å². The van der Waals surface area contributed by atoms with Crippen LogP contribution in [0.2, 0.25) is 0 Å². The Hall–Kier alpha value is -1.83. The molecule has 124 valence electrons. The highest BCUT2D eigenvalue weighted by Gasteiger charge is 2.30. The summed E-state index contributed by atoms with van der Waals surface area (Å²) in [6.45, 7) is 3.68. The van der Waals surface area contributed by atoms with Crippen LogP contribution in [0.25, 0.3) is 0 Å². The summed E-state index contributed by atoms with van der Waals surface area (Å²) in [6, 6.07) is 4.89. The first kappa shape index (κ1) is 17.5. The molecule has 1 aromatic heterocycles. The Bertz CT molecular complexity index is 725. The number of nitrogens with one attached hydrogen (secondary N) is 1. The standard InChI is InChI=1S/C15H15BrF3N3O/c1-9-14(16)10(2)22(21-9)8-13(23)20-7-11-4-3-5-12(6-11)15(17,18)19/h3-6H,7-8H2,1-2H3,(H,20,23). The summed E-state index contributed by atoms with van der Waals surface area (Å²) >= 11 is 3.37. The van der Waals surface area contributed by atoms with Crippen molar-refractivity contribution in [1.82, 2.24) is 15.1 Å². The molecule has 0 fully saturated rings. The van der Waals surface area contributed by atoms with Gasteiger partial charge in [0.2, 0.25) is 5.91 Å². The summed E-state index contributed by atoms with van der Waals surface area (Å²) < 4.78 is 40.3. The van der Waals surface area contributed by atoms with Crippen LogP contribution in [-0.4, -0.2) is 15.7 Å². The van der Waals surface area contributed by atoms with Crippen molar-refractivity contribution in [3.05, 3.63) is 51.3 Å². The van der Waals surface area contributed by atoms with Crippen molar-refractivity contribution in [2.75, 3.05) is 0 Å². The van der Waals surface area contributed by atoms with Gasteiger partial charge in [0, 0.05) is 6.54 Å². The van der Waals surface area contributed by atoms with Crippen LogP contribution >= 0.6 is 15.9 Å². The number of rotatable bonds is 4. The highest BCUT2D eigenvalue weighted by Crippen LogP contribution is 2.29. The third-order valence-corrected chi connectivity index (χ3v) is 4.48. The van der Waals surface area contributed by atoms with Gasteiger partial charge in [0.25, 0.3) is 0 Å². The molecule has 0 aliphatic carbocycles. The molecule has 0 aliphatic rings. The van der Waals surface area contributed by atoms with E-state index in [1.807, 2.05) is 13.8 Å². The number of hydrogen-bond acceptors (Lipinski definition) is 2. The fourth-order valence-corrected chi connectivity index (χ4v) is 2.36. The van der Waals surface area contributed by atoms with E-state index in [2.05, 4.69) is 26.3 Å². The zero-order valence-electron chi connectivity index (χ0n) is 12.5. The number of alkyl halides is 3. The maximum Gasteiger partial charge on any atom is 0.416 e. The van der Waals surface area contributed by atoms with Crippen molar-refractivity contribution in [1.29, 1.82) is 0 Å². The second kappa shape index (κ2) is 6.74. The normalized spacial score (nSPS) is 11.6. The van der Waals surface area contributed by atoms with E-state index in [4.69, 9.17) is 0 Å². The lowest BCUT2D eigenvalue weighted by Gasteiger charge is -2.10. The Balaban J connectivity index is 1.98. The molecule has 0 atom stereocenters. The van der Waals surface area contributed by atoms with E-state index < -0.39 is 11.7 Å². The quantitative estimate of drug-likeness (QED) is 0.868. The van der Waals surface area contributed by atoms with Gasteiger partial charge in [-0.2, -0.15) is 18.3 Å². The zero-order chi connectivity index (χ0) is 17.2. The molecule has 0 aliphatic heterocycles. The maximum atomic E-state index is 12.6. The first-order valence-electron chi connectivity index (χ1n) is 6.81. The van der Waals surface area contributed by atoms with E-state index in [0.717, 1.165) is 28.0 Å². The number of aromatic nitrogens is 2. The van der Waals surface area contributed by atoms with E-state index in [0.29, 0.717) is 5.56 Å². The van der Waals surface area contributed by atoms with Gasteiger partial charge in [0.05, 0.1) is 21.4 Å². The number of aryl methyl sites for hydroxylation is 1. The molecule has 8 heteroatoms. The van der Waals surface area contributed by atoms with Crippen LogP contribution in [0.1, 0.15) is 22.5 Å². The molecule has 0 unspecified atom stereocenters. The topological polar surface area (TPSA) is 46.9 Å². The highest BCUT2D eigenvalue weighted by molar-refractivity contribution is 9.10. The molecule has 2 rings (SSSR count). The van der Waals surface area contributed by atoms with Gasteiger partial charge in [-0.1, -0.05) is 12.1 Å². The van der Waals surface area contributed by atoms with Gasteiger partial charge in [0.15, 0.2) is 0 Å². The van der Waals surface area contributed by atoms with Crippen molar-refractivity contribution >= 4 is 21.8 Å². The first-order chi connectivity index (χ1) is 10.7. The van der Waals surface area contributed by atoms with Crippen LogP contribution in [0.15, 0.2) is 28.7 Å². The van der Waals surface area contributed by atoms with Crippen molar-refractivity contribution in [2.24, 2.45) is 0 Å². The molecule has 1 heterocycles. The Labute approximate surface area is 139 Å². The molecule has 0 bridgehead atoms. The lowest BCUT2D eigenvalue weighted by atomic mass is 10.1. The molecule has 2 aromatic rings. The van der Waals surface area contributed by atoms with Gasteiger partial charge < -0.3 is 5.32 Å². The summed E-state index contributed by atoms with van der Waals surface area (Å²) in [5.41, 5.74) is 1.25.